The van der Waals surface area contributed by atoms with Crippen LogP contribution in [0.5, 0.6) is 0 Å². The minimum absolute atomic E-state index is 0.0790. The van der Waals surface area contributed by atoms with Crippen molar-refractivity contribution in [2.45, 2.75) is 37.1 Å². The summed E-state index contributed by atoms with van der Waals surface area (Å²) in [6.45, 7) is 2.35. The zero-order chi connectivity index (χ0) is 18.2. The largest absolute Gasteiger partial charge is 0.383 e. The van der Waals surface area contributed by atoms with E-state index >= 15 is 0 Å². The Hall–Kier alpha value is -1.97. The van der Waals surface area contributed by atoms with Crippen molar-refractivity contribution in [3.63, 3.8) is 0 Å². The number of carbonyl (C=O) groups excluding carboxylic acids is 2. The lowest BCUT2D eigenvalue weighted by Gasteiger charge is -2.17. The number of methoxy groups -OCH3 is 1. The highest BCUT2D eigenvalue weighted by Gasteiger charge is 2.18. The van der Waals surface area contributed by atoms with E-state index in [1.54, 1.807) is 0 Å². The molecule has 0 unspecified atom stereocenters. The van der Waals surface area contributed by atoms with Crippen molar-refractivity contribution >= 4 is 27.5 Å². The van der Waals surface area contributed by atoms with Gasteiger partial charge in [-0.15, -0.1) is 0 Å². The number of sulfonamides is 1. The summed E-state index contributed by atoms with van der Waals surface area (Å²) in [6, 6.07) is 4.97. The van der Waals surface area contributed by atoms with Crippen LogP contribution in [0, 0.1) is 0 Å². The molecule has 1 aromatic carbocycles. The monoisotopic (exact) mass is 357 g/mol. The number of nitrogens with two attached hydrogens (primary N) is 1. The minimum atomic E-state index is -3.80. The molecule has 1 rings (SSSR count). The molecule has 0 saturated carbocycles. The lowest BCUT2D eigenvalue weighted by molar-refractivity contribution is -0.136. The average Bonchev–Trinajstić information content (AvgIpc) is 2.52. The lowest BCUT2D eigenvalue weighted by atomic mass is 10.1. The maximum atomic E-state index is 11.9. The van der Waals surface area contributed by atoms with Crippen LogP contribution in [0.3, 0.4) is 0 Å². The van der Waals surface area contributed by atoms with Gasteiger partial charge in [-0.3, -0.25) is 9.59 Å². The predicted molar refractivity (Wildman–Crippen MR) is 89.8 cm³/mol. The number of primary sulfonamides is 1. The van der Waals surface area contributed by atoms with E-state index < -0.39 is 21.8 Å². The van der Waals surface area contributed by atoms with Gasteiger partial charge in [-0.2, -0.15) is 0 Å². The molecule has 0 aliphatic carbocycles. The smallest absolute Gasteiger partial charge is 0.313 e. The molecule has 4 N–H and O–H groups in total. The number of carbonyl (C=O) groups is 2. The summed E-state index contributed by atoms with van der Waals surface area (Å²) < 4.78 is 27.3. The SMILES string of the molecule is CCCC[C@@H](COC)NC(=O)C(=O)Nc1ccc(S(N)(=O)=O)cc1. The molecule has 1 aromatic rings. The molecule has 24 heavy (non-hydrogen) atoms. The van der Waals surface area contributed by atoms with E-state index in [1.165, 1.54) is 31.4 Å². The van der Waals surface area contributed by atoms with Gasteiger partial charge in [0, 0.05) is 12.8 Å². The van der Waals surface area contributed by atoms with Crippen LogP contribution in [0.4, 0.5) is 5.69 Å². The van der Waals surface area contributed by atoms with Crippen molar-refractivity contribution in [2.75, 3.05) is 19.0 Å². The number of rotatable bonds is 8. The van der Waals surface area contributed by atoms with Crippen molar-refractivity contribution in [3.8, 4) is 0 Å². The molecule has 0 fully saturated rings. The number of ether oxygens (including phenoxy) is 1. The maximum Gasteiger partial charge on any atom is 0.313 e. The molecule has 2 amide bonds. The molecule has 0 aliphatic rings. The Balaban J connectivity index is 2.64. The highest BCUT2D eigenvalue weighted by Crippen LogP contribution is 2.12. The van der Waals surface area contributed by atoms with Crippen LogP contribution in [0.2, 0.25) is 0 Å². The second-order valence-electron chi connectivity index (χ2n) is 5.29. The molecule has 0 saturated heterocycles. The van der Waals surface area contributed by atoms with Gasteiger partial charge in [0.25, 0.3) is 0 Å². The van der Waals surface area contributed by atoms with Crippen LogP contribution in [-0.2, 0) is 24.3 Å². The summed E-state index contributed by atoms with van der Waals surface area (Å²) >= 11 is 0. The predicted octanol–water partition coefficient (Wildman–Crippen LogP) is 0.594. The number of hydrogen-bond donors (Lipinski definition) is 3. The Labute approximate surface area is 141 Å². The van der Waals surface area contributed by atoms with Crippen LogP contribution in [0.25, 0.3) is 0 Å². The van der Waals surface area contributed by atoms with Crippen LogP contribution in [0.15, 0.2) is 29.2 Å². The first kappa shape index (κ1) is 20.1. The van der Waals surface area contributed by atoms with Gasteiger partial charge in [0.15, 0.2) is 0 Å². The molecule has 8 nitrogen and oxygen atoms in total. The van der Waals surface area contributed by atoms with E-state index in [1.807, 2.05) is 6.92 Å². The highest BCUT2D eigenvalue weighted by atomic mass is 32.2. The van der Waals surface area contributed by atoms with Gasteiger partial charge in [-0.1, -0.05) is 19.8 Å². The molecule has 9 heteroatoms. The van der Waals surface area contributed by atoms with E-state index in [9.17, 15) is 18.0 Å². The normalized spacial score (nSPS) is 12.5. The molecule has 0 radical (unpaired) electrons. The van der Waals surface area contributed by atoms with Gasteiger partial charge in [0.1, 0.15) is 0 Å². The summed E-state index contributed by atoms with van der Waals surface area (Å²) in [6.07, 6.45) is 2.59. The van der Waals surface area contributed by atoms with Crippen LogP contribution in [-0.4, -0.2) is 40.0 Å². The minimum Gasteiger partial charge on any atom is -0.383 e. The Morgan fingerprint density at radius 1 is 1.21 bits per heavy atom. The number of unbranched alkanes of at least 4 members (excludes halogenated alkanes) is 1. The molecular weight excluding hydrogens is 334 g/mol. The summed E-state index contributed by atoms with van der Waals surface area (Å²) in [5, 5.41) is 10.0. The summed E-state index contributed by atoms with van der Waals surface area (Å²) in [5.41, 5.74) is 0.291. The Morgan fingerprint density at radius 3 is 2.33 bits per heavy atom. The summed E-state index contributed by atoms with van der Waals surface area (Å²) in [4.78, 5) is 23.7. The van der Waals surface area contributed by atoms with Crippen molar-refractivity contribution in [3.05, 3.63) is 24.3 Å². The second-order valence-corrected chi connectivity index (χ2v) is 6.85. The number of anilines is 1. The van der Waals surface area contributed by atoms with Crippen molar-refractivity contribution in [1.29, 1.82) is 0 Å². The molecule has 0 aliphatic heterocycles. The van der Waals surface area contributed by atoms with Gasteiger partial charge in [-0.25, -0.2) is 13.6 Å². The molecule has 0 bridgehead atoms. The third-order valence-electron chi connectivity index (χ3n) is 3.26. The van der Waals surface area contributed by atoms with E-state index in [2.05, 4.69) is 10.6 Å². The zero-order valence-electron chi connectivity index (χ0n) is 13.7. The van der Waals surface area contributed by atoms with Gasteiger partial charge in [0.2, 0.25) is 10.0 Å². The van der Waals surface area contributed by atoms with Crippen LogP contribution in [0.1, 0.15) is 26.2 Å². The van der Waals surface area contributed by atoms with E-state index in [4.69, 9.17) is 9.88 Å². The lowest BCUT2D eigenvalue weighted by Crippen LogP contribution is -2.43. The third kappa shape index (κ3) is 6.65. The van der Waals surface area contributed by atoms with Crippen molar-refractivity contribution in [2.24, 2.45) is 5.14 Å². The van der Waals surface area contributed by atoms with Gasteiger partial charge in [-0.05, 0) is 30.7 Å². The van der Waals surface area contributed by atoms with Crippen molar-refractivity contribution < 1.29 is 22.7 Å². The molecule has 0 heterocycles. The fraction of sp³-hybridized carbons (Fsp3) is 0.467. The first-order valence-corrected chi connectivity index (χ1v) is 9.06. The van der Waals surface area contributed by atoms with E-state index in [-0.39, 0.29) is 10.9 Å². The van der Waals surface area contributed by atoms with E-state index in [0.29, 0.717) is 18.7 Å². The van der Waals surface area contributed by atoms with E-state index in [0.717, 1.165) is 12.8 Å². The standard InChI is InChI=1S/C15H23N3O5S/c1-3-4-5-12(10-23-2)18-15(20)14(19)17-11-6-8-13(9-7-11)24(16,21)22/h6-9,12H,3-5,10H2,1-2H3,(H,17,19)(H,18,20)(H2,16,21,22)/t12-/m0/s1. The molecule has 0 aromatic heterocycles. The Kier molecular flexibility index (Phi) is 7.83. The zero-order valence-corrected chi connectivity index (χ0v) is 14.6. The topological polar surface area (TPSA) is 128 Å². The number of benzene rings is 1. The quantitative estimate of drug-likeness (QED) is 0.587. The molecule has 0 spiro atoms. The summed E-state index contributed by atoms with van der Waals surface area (Å²) in [7, 11) is -2.28. The first-order valence-electron chi connectivity index (χ1n) is 7.51. The Bertz CT molecular complexity index is 658. The van der Waals surface area contributed by atoms with Gasteiger partial charge in [0.05, 0.1) is 17.5 Å². The fourth-order valence-corrected chi connectivity index (χ4v) is 2.53. The molecular formula is C15H23N3O5S. The summed E-state index contributed by atoms with van der Waals surface area (Å²) in [5.74, 6) is -1.61. The van der Waals surface area contributed by atoms with Gasteiger partial charge >= 0.3 is 11.8 Å². The first-order chi connectivity index (χ1) is 11.3. The average molecular weight is 357 g/mol. The number of nitrogens with one attached hydrogen (secondary N) is 2. The Morgan fingerprint density at radius 2 is 1.83 bits per heavy atom. The van der Waals surface area contributed by atoms with Crippen LogP contribution >= 0.6 is 0 Å². The van der Waals surface area contributed by atoms with Gasteiger partial charge < -0.3 is 15.4 Å². The van der Waals surface area contributed by atoms with Crippen molar-refractivity contribution in [1.82, 2.24) is 5.32 Å². The number of amides is 2. The van der Waals surface area contributed by atoms with Crippen LogP contribution < -0.4 is 15.8 Å². The maximum absolute atomic E-state index is 11.9. The fourth-order valence-electron chi connectivity index (χ4n) is 2.02. The molecule has 134 valence electrons. The number of hydrogen-bond acceptors (Lipinski definition) is 5. The highest BCUT2D eigenvalue weighted by molar-refractivity contribution is 7.89. The molecule has 1 atom stereocenters. The third-order valence-corrected chi connectivity index (χ3v) is 4.19. The second kappa shape index (κ2) is 9.36.